The van der Waals surface area contributed by atoms with Gasteiger partial charge in [0.05, 0.1) is 22.5 Å². The molecule has 1 aliphatic carbocycles. The number of allylic oxidation sites excluding steroid dienone is 2. The number of amides is 3. The van der Waals surface area contributed by atoms with Gasteiger partial charge in [-0.15, -0.1) is 0 Å². The van der Waals surface area contributed by atoms with Crippen LogP contribution in [-0.2, 0) is 23.9 Å². The molecule has 7 nitrogen and oxygen atoms in total. The minimum atomic E-state index is -0.812. The van der Waals surface area contributed by atoms with Crippen molar-refractivity contribution >= 4 is 41.0 Å². The Morgan fingerprint density at radius 3 is 2.41 bits per heavy atom. The summed E-state index contributed by atoms with van der Waals surface area (Å²) in [5.41, 5.74) is 1.35. The summed E-state index contributed by atoms with van der Waals surface area (Å²) < 4.78 is 4.90. The van der Waals surface area contributed by atoms with Gasteiger partial charge in [-0.25, -0.2) is 0 Å². The Balaban J connectivity index is 1.50. The number of hydrogen-bond donors (Lipinski definition) is 1. The highest BCUT2D eigenvalue weighted by molar-refractivity contribution is 6.33. The SMILES string of the molecule is Cc1ccc(NC(=O)COC(=O)CN2C(=O)[C@@H]3CC=CC[C@H]3C2=O)c(Cl)c1. The van der Waals surface area contributed by atoms with Crippen LogP contribution in [0.2, 0.25) is 5.02 Å². The highest BCUT2D eigenvalue weighted by Gasteiger charge is 2.47. The fourth-order valence-electron chi connectivity index (χ4n) is 3.25. The molecule has 0 aromatic heterocycles. The van der Waals surface area contributed by atoms with Crippen LogP contribution in [0.3, 0.4) is 0 Å². The molecule has 1 N–H and O–H groups in total. The van der Waals surface area contributed by atoms with Gasteiger partial charge in [0.1, 0.15) is 6.54 Å². The first-order valence-electron chi connectivity index (χ1n) is 8.58. The molecule has 0 unspecified atom stereocenters. The smallest absolute Gasteiger partial charge is 0.326 e. The van der Waals surface area contributed by atoms with E-state index in [2.05, 4.69) is 5.32 Å². The van der Waals surface area contributed by atoms with E-state index in [1.165, 1.54) is 0 Å². The van der Waals surface area contributed by atoms with Crippen LogP contribution >= 0.6 is 11.6 Å². The number of halogens is 1. The van der Waals surface area contributed by atoms with Gasteiger partial charge in [0, 0.05) is 0 Å². The fourth-order valence-corrected chi connectivity index (χ4v) is 3.54. The van der Waals surface area contributed by atoms with Crippen molar-refractivity contribution in [2.45, 2.75) is 19.8 Å². The molecule has 3 amide bonds. The molecule has 27 heavy (non-hydrogen) atoms. The second-order valence-electron chi connectivity index (χ2n) is 6.61. The molecule has 0 radical (unpaired) electrons. The van der Waals surface area contributed by atoms with Gasteiger partial charge in [0.15, 0.2) is 6.61 Å². The van der Waals surface area contributed by atoms with Crippen LogP contribution in [0.4, 0.5) is 5.69 Å². The van der Waals surface area contributed by atoms with Crippen molar-refractivity contribution in [3.63, 3.8) is 0 Å². The maximum atomic E-state index is 12.3. The topological polar surface area (TPSA) is 92.8 Å². The zero-order chi connectivity index (χ0) is 19.6. The molecule has 3 rings (SSSR count). The van der Waals surface area contributed by atoms with Crippen molar-refractivity contribution in [2.75, 3.05) is 18.5 Å². The summed E-state index contributed by atoms with van der Waals surface area (Å²) in [6, 6.07) is 5.13. The largest absolute Gasteiger partial charge is 0.454 e. The molecule has 1 aromatic rings. The summed E-state index contributed by atoms with van der Waals surface area (Å²) in [6.07, 6.45) is 4.74. The van der Waals surface area contributed by atoms with Gasteiger partial charge < -0.3 is 10.1 Å². The Labute approximate surface area is 161 Å². The first kappa shape index (κ1) is 19.1. The van der Waals surface area contributed by atoms with E-state index in [-0.39, 0.29) is 11.8 Å². The summed E-state index contributed by atoms with van der Waals surface area (Å²) in [6.45, 7) is 0.850. The lowest BCUT2D eigenvalue weighted by Gasteiger charge is -2.14. The number of rotatable bonds is 5. The molecule has 1 fully saturated rings. The lowest BCUT2D eigenvalue weighted by Crippen LogP contribution is -2.37. The number of nitrogens with zero attached hydrogens (tertiary/aromatic N) is 1. The zero-order valence-electron chi connectivity index (χ0n) is 14.7. The molecule has 1 heterocycles. The Hall–Kier alpha value is -2.67. The van der Waals surface area contributed by atoms with Gasteiger partial charge >= 0.3 is 5.97 Å². The van der Waals surface area contributed by atoms with E-state index in [1.807, 2.05) is 19.1 Å². The van der Waals surface area contributed by atoms with Gasteiger partial charge in [-0.3, -0.25) is 24.1 Å². The van der Waals surface area contributed by atoms with Crippen LogP contribution < -0.4 is 5.32 Å². The second-order valence-corrected chi connectivity index (χ2v) is 7.02. The Morgan fingerprint density at radius 2 is 1.81 bits per heavy atom. The number of imide groups is 1. The van der Waals surface area contributed by atoms with Crippen LogP contribution in [0.5, 0.6) is 0 Å². The molecule has 0 saturated carbocycles. The van der Waals surface area contributed by atoms with Crippen LogP contribution in [0.1, 0.15) is 18.4 Å². The van der Waals surface area contributed by atoms with Crippen LogP contribution in [0.15, 0.2) is 30.4 Å². The van der Waals surface area contributed by atoms with E-state index >= 15 is 0 Å². The Kier molecular flexibility index (Phi) is 5.60. The number of carbonyl (C=O) groups excluding carboxylic acids is 4. The number of carbonyl (C=O) groups is 4. The highest BCUT2D eigenvalue weighted by atomic mass is 35.5. The van der Waals surface area contributed by atoms with E-state index in [9.17, 15) is 19.2 Å². The molecule has 1 aliphatic heterocycles. The van der Waals surface area contributed by atoms with E-state index in [0.29, 0.717) is 23.6 Å². The summed E-state index contributed by atoms with van der Waals surface area (Å²) in [5.74, 6) is -2.89. The van der Waals surface area contributed by atoms with Crippen LogP contribution in [0.25, 0.3) is 0 Å². The number of benzene rings is 1. The van der Waals surface area contributed by atoms with Crippen molar-refractivity contribution in [1.82, 2.24) is 4.90 Å². The van der Waals surface area contributed by atoms with Gasteiger partial charge in [-0.1, -0.05) is 29.8 Å². The molecule has 8 heteroatoms. The average Bonchev–Trinajstić information content (AvgIpc) is 2.88. The van der Waals surface area contributed by atoms with Crippen molar-refractivity contribution in [3.05, 3.63) is 40.9 Å². The van der Waals surface area contributed by atoms with E-state index in [4.69, 9.17) is 16.3 Å². The normalized spacial score (nSPS) is 21.2. The number of likely N-dealkylation sites (tertiary alicyclic amines) is 1. The lowest BCUT2D eigenvalue weighted by molar-refractivity contribution is -0.154. The molecular weight excluding hydrogens is 372 g/mol. The van der Waals surface area contributed by atoms with E-state index in [0.717, 1.165) is 10.5 Å². The molecule has 0 spiro atoms. The molecular formula is C19H19ClN2O5. The number of anilines is 1. The van der Waals surface area contributed by atoms with Crippen LogP contribution in [0, 0.1) is 18.8 Å². The number of esters is 1. The monoisotopic (exact) mass is 390 g/mol. The molecule has 2 aliphatic rings. The van der Waals surface area contributed by atoms with Crippen molar-refractivity contribution in [1.29, 1.82) is 0 Å². The molecule has 142 valence electrons. The Morgan fingerprint density at radius 1 is 1.19 bits per heavy atom. The molecule has 1 saturated heterocycles. The minimum absolute atomic E-state index is 0.359. The summed E-state index contributed by atoms with van der Waals surface area (Å²) in [5, 5.41) is 2.91. The number of fused-ring (bicyclic) bond motifs is 1. The second kappa shape index (κ2) is 7.92. The third-order valence-corrected chi connectivity index (χ3v) is 4.96. The molecule has 1 aromatic carbocycles. The zero-order valence-corrected chi connectivity index (χ0v) is 15.5. The Bertz CT molecular complexity index is 809. The predicted molar refractivity (Wildman–Crippen MR) is 97.9 cm³/mol. The predicted octanol–water partition coefficient (Wildman–Crippen LogP) is 2.08. The number of aryl methyl sites for hydroxylation is 1. The standard InChI is InChI=1S/C19H19ClN2O5/c1-11-6-7-15(14(20)8-11)21-16(23)10-27-17(24)9-22-18(25)12-4-2-3-5-13(12)19(22)26/h2-3,6-8,12-13H,4-5,9-10H2,1H3,(H,21,23)/t12-,13-/m1/s1. The van der Waals surface area contributed by atoms with Gasteiger partial charge in [0.25, 0.3) is 5.91 Å². The number of hydrogen-bond acceptors (Lipinski definition) is 5. The average molecular weight is 391 g/mol. The summed E-state index contributed by atoms with van der Waals surface area (Å²) in [4.78, 5) is 49.4. The summed E-state index contributed by atoms with van der Waals surface area (Å²) >= 11 is 6.03. The molecule has 0 bridgehead atoms. The van der Waals surface area contributed by atoms with Crippen LogP contribution in [-0.4, -0.2) is 41.7 Å². The van der Waals surface area contributed by atoms with Crippen molar-refractivity contribution in [2.24, 2.45) is 11.8 Å². The quantitative estimate of drug-likeness (QED) is 0.472. The molecule has 2 atom stereocenters. The van der Waals surface area contributed by atoms with Gasteiger partial charge in [-0.05, 0) is 37.5 Å². The first-order chi connectivity index (χ1) is 12.9. The van der Waals surface area contributed by atoms with Crippen molar-refractivity contribution in [3.8, 4) is 0 Å². The lowest BCUT2D eigenvalue weighted by atomic mass is 9.85. The van der Waals surface area contributed by atoms with Crippen molar-refractivity contribution < 1.29 is 23.9 Å². The third-order valence-electron chi connectivity index (χ3n) is 4.65. The fraction of sp³-hybridized carbons (Fsp3) is 0.368. The van der Waals surface area contributed by atoms with Gasteiger partial charge in [0.2, 0.25) is 11.8 Å². The maximum Gasteiger partial charge on any atom is 0.326 e. The minimum Gasteiger partial charge on any atom is -0.454 e. The maximum absolute atomic E-state index is 12.3. The first-order valence-corrected chi connectivity index (χ1v) is 8.96. The van der Waals surface area contributed by atoms with E-state index < -0.39 is 36.9 Å². The summed E-state index contributed by atoms with van der Waals surface area (Å²) in [7, 11) is 0. The number of nitrogens with one attached hydrogen (secondary N) is 1. The third kappa shape index (κ3) is 4.19. The van der Waals surface area contributed by atoms with E-state index in [1.54, 1.807) is 18.2 Å². The number of ether oxygens (including phenoxy) is 1. The van der Waals surface area contributed by atoms with Gasteiger partial charge in [-0.2, -0.15) is 0 Å². The highest BCUT2D eigenvalue weighted by Crippen LogP contribution is 2.34.